The van der Waals surface area contributed by atoms with Gasteiger partial charge in [-0.15, -0.1) is 0 Å². The Morgan fingerprint density at radius 1 is 1.50 bits per heavy atom. The number of nitrogens with two attached hydrogens (primary N) is 1. The van der Waals surface area contributed by atoms with Crippen LogP contribution in [0.2, 0.25) is 0 Å². The maximum absolute atomic E-state index is 10.7. The molecule has 0 aromatic carbocycles. The van der Waals surface area contributed by atoms with Crippen LogP contribution < -0.4 is 5.73 Å². The molecule has 24 heavy (non-hydrogen) atoms. The number of allylic oxidation sites excluding steroid dienone is 1. The molecule has 6 N–H and O–H groups in total. The van der Waals surface area contributed by atoms with E-state index in [9.17, 15) is 14.2 Å². The lowest BCUT2D eigenvalue weighted by Gasteiger charge is -2.19. The normalized spacial score (nSPS) is 22.5. The monoisotopic (exact) mass is 368 g/mol. The maximum atomic E-state index is 10.7. The number of phosphoric ester groups is 1. The summed E-state index contributed by atoms with van der Waals surface area (Å²) < 4.78 is 19.0. The number of hydrogen-bond donors (Lipinski definition) is 5. The van der Waals surface area contributed by atoms with E-state index in [2.05, 4.69) is 14.0 Å². The molecule has 11 nitrogen and oxygen atoms in total. The molecule has 0 aliphatic carbocycles. The van der Waals surface area contributed by atoms with Crippen LogP contribution in [0.4, 0.5) is 0 Å². The molecule has 0 radical (unpaired) electrons. The Balaban J connectivity index is 0.000000496. The van der Waals surface area contributed by atoms with Gasteiger partial charge in [0.15, 0.2) is 6.29 Å². The third kappa shape index (κ3) is 8.99. The number of carbonyl (C=O) groups is 2. The summed E-state index contributed by atoms with van der Waals surface area (Å²) in [5.41, 5.74) is 5.00. The summed E-state index contributed by atoms with van der Waals surface area (Å²) in [6.45, 7) is -0.756. The molecule has 0 bridgehead atoms. The summed E-state index contributed by atoms with van der Waals surface area (Å²) in [7, 11) is -3.33. The Morgan fingerprint density at radius 3 is 2.50 bits per heavy atom. The number of aldehydes is 1. The highest BCUT2D eigenvalue weighted by molar-refractivity contribution is 7.47. The molecule has 0 spiro atoms. The molecule has 138 valence electrons. The van der Waals surface area contributed by atoms with Crippen LogP contribution in [0, 0.1) is 5.92 Å². The second kappa shape index (κ2) is 11.2. The van der Waals surface area contributed by atoms with Gasteiger partial charge >= 0.3 is 7.82 Å². The minimum Gasteiger partial charge on any atom is -0.388 e. The van der Waals surface area contributed by atoms with Crippen LogP contribution >= 0.6 is 7.82 Å². The van der Waals surface area contributed by atoms with Crippen LogP contribution in [0.5, 0.6) is 0 Å². The third-order valence-corrected chi connectivity index (χ3v) is 3.67. The number of amides is 1. The molecule has 1 aliphatic heterocycles. The largest absolute Gasteiger partial charge is 0.472 e. The van der Waals surface area contributed by atoms with Gasteiger partial charge in [-0.2, -0.15) is 0 Å². The first-order chi connectivity index (χ1) is 11.1. The quantitative estimate of drug-likeness (QED) is 0.241. The van der Waals surface area contributed by atoms with Crippen LogP contribution in [0.15, 0.2) is 17.3 Å². The van der Waals surface area contributed by atoms with Gasteiger partial charge in [-0.3, -0.25) is 18.8 Å². The standard InChI is InChI=1S/C6H8N2O.C6H13O8P/c7-6(9)5-2-1-3-8-4-5;1-13-15(11,12)14-3-5(9)6(10)4(8)2-7/h1,3-5H,2H2,(H2,7,9);2,4-6,8-10H,3H2,1H3,(H,11,12)/t;4-,5+,6-/m.0/s1. The second-order valence-corrected chi connectivity index (χ2v) is 6.12. The summed E-state index contributed by atoms with van der Waals surface area (Å²) in [4.78, 5) is 33.0. The molecule has 0 aromatic rings. The van der Waals surface area contributed by atoms with Gasteiger partial charge in [-0.05, 0) is 6.42 Å². The number of carbonyl (C=O) groups excluding carboxylic acids is 2. The van der Waals surface area contributed by atoms with Crippen molar-refractivity contribution in [2.75, 3.05) is 13.7 Å². The molecule has 1 amide bonds. The van der Waals surface area contributed by atoms with Crippen molar-refractivity contribution in [2.45, 2.75) is 24.7 Å². The fraction of sp³-hybridized carbons (Fsp3) is 0.583. The van der Waals surface area contributed by atoms with Gasteiger partial charge in [0.1, 0.15) is 18.3 Å². The number of primary amides is 1. The maximum Gasteiger partial charge on any atom is 0.472 e. The van der Waals surface area contributed by atoms with Gasteiger partial charge in [0.25, 0.3) is 0 Å². The zero-order chi connectivity index (χ0) is 18.8. The van der Waals surface area contributed by atoms with Gasteiger partial charge < -0.3 is 30.7 Å². The van der Waals surface area contributed by atoms with Gasteiger partial charge in [-0.25, -0.2) is 4.57 Å². The van der Waals surface area contributed by atoms with Crippen molar-refractivity contribution in [3.05, 3.63) is 12.3 Å². The van der Waals surface area contributed by atoms with Crippen LogP contribution in [0.1, 0.15) is 6.42 Å². The number of aliphatic imine (C=N–C) groups is 1. The van der Waals surface area contributed by atoms with Crippen LogP contribution in [-0.4, -0.2) is 70.6 Å². The zero-order valence-corrected chi connectivity index (χ0v) is 13.7. The predicted molar refractivity (Wildman–Crippen MR) is 81.8 cm³/mol. The van der Waals surface area contributed by atoms with Crippen LogP contribution in [-0.2, 0) is 23.2 Å². The minimum atomic E-state index is -4.25. The first kappa shape index (κ1) is 22.5. The van der Waals surface area contributed by atoms with Crippen molar-refractivity contribution in [1.82, 2.24) is 0 Å². The molecule has 0 aromatic heterocycles. The Hall–Kier alpha value is -1.46. The van der Waals surface area contributed by atoms with Crippen molar-refractivity contribution < 1.29 is 43.4 Å². The van der Waals surface area contributed by atoms with E-state index in [-0.39, 0.29) is 18.1 Å². The fourth-order valence-electron chi connectivity index (χ4n) is 1.30. The number of nitrogens with zero attached hydrogens (tertiary/aromatic N) is 1. The summed E-state index contributed by atoms with van der Waals surface area (Å²) in [6, 6.07) is 0. The van der Waals surface area contributed by atoms with Crippen LogP contribution in [0.3, 0.4) is 0 Å². The molecule has 5 atom stereocenters. The first-order valence-electron chi connectivity index (χ1n) is 6.64. The van der Waals surface area contributed by atoms with Gasteiger partial charge in [0.05, 0.1) is 12.5 Å². The van der Waals surface area contributed by atoms with Gasteiger partial charge in [0, 0.05) is 19.5 Å². The summed E-state index contributed by atoms with van der Waals surface area (Å²) in [5, 5.41) is 26.9. The average Bonchev–Trinajstić information content (AvgIpc) is 2.59. The Morgan fingerprint density at radius 2 is 2.12 bits per heavy atom. The molecular weight excluding hydrogens is 347 g/mol. The van der Waals surface area contributed by atoms with E-state index >= 15 is 0 Å². The average molecular weight is 368 g/mol. The molecule has 0 saturated carbocycles. The summed E-state index contributed by atoms with van der Waals surface area (Å²) >= 11 is 0. The molecule has 1 aliphatic rings. The fourth-order valence-corrected chi connectivity index (χ4v) is 1.75. The number of phosphoric acid groups is 1. The highest BCUT2D eigenvalue weighted by atomic mass is 31.2. The number of aliphatic hydroxyl groups is 3. The summed E-state index contributed by atoms with van der Waals surface area (Å²) in [6.07, 6.45) is 0.517. The summed E-state index contributed by atoms with van der Waals surface area (Å²) in [5.74, 6) is -0.488. The lowest BCUT2D eigenvalue weighted by molar-refractivity contribution is -0.127. The smallest absolute Gasteiger partial charge is 0.388 e. The highest BCUT2D eigenvalue weighted by Crippen LogP contribution is 2.41. The van der Waals surface area contributed by atoms with E-state index in [4.69, 9.17) is 25.9 Å². The van der Waals surface area contributed by atoms with Crippen molar-refractivity contribution in [3.63, 3.8) is 0 Å². The van der Waals surface area contributed by atoms with Gasteiger partial charge in [-0.1, -0.05) is 6.08 Å². The topological polar surface area (TPSA) is 189 Å². The van der Waals surface area contributed by atoms with E-state index in [1.165, 1.54) is 0 Å². The van der Waals surface area contributed by atoms with Gasteiger partial charge in [0.2, 0.25) is 5.91 Å². The lowest BCUT2D eigenvalue weighted by Crippen LogP contribution is -2.40. The first-order valence-corrected chi connectivity index (χ1v) is 8.14. The van der Waals surface area contributed by atoms with E-state index < -0.39 is 32.7 Å². The number of hydrogen-bond acceptors (Lipinski definition) is 9. The Labute approximate surface area is 138 Å². The lowest BCUT2D eigenvalue weighted by atomic mass is 10.1. The SMILES string of the molecule is COP(=O)(O)OC[C@@H](O)[C@@H](O)[C@@H](O)C=O.NC(=O)C1C=NC=CC1. The Bertz CT molecular complexity index is 511. The molecule has 12 heteroatoms. The highest BCUT2D eigenvalue weighted by Gasteiger charge is 2.28. The number of aliphatic hydroxyl groups excluding tert-OH is 3. The molecule has 0 saturated heterocycles. The Kier molecular flexibility index (Phi) is 10.5. The molecular formula is C12H21N2O9P. The van der Waals surface area contributed by atoms with Crippen molar-refractivity contribution >= 4 is 26.2 Å². The minimum absolute atomic E-state index is 0.0166. The zero-order valence-electron chi connectivity index (χ0n) is 12.8. The third-order valence-electron chi connectivity index (χ3n) is 2.74. The molecule has 1 heterocycles. The second-order valence-electron chi connectivity index (χ2n) is 4.56. The van der Waals surface area contributed by atoms with E-state index in [0.717, 1.165) is 7.11 Å². The molecule has 0 fully saturated rings. The van der Waals surface area contributed by atoms with E-state index in [0.29, 0.717) is 6.42 Å². The van der Waals surface area contributed by atoms with E-state index in [1.54, 1.807) is 12.4 Å². The van der Waals surface area contributed by atoms with Crippen molar-refractivity contribution in [2.24, 2.45) is 16.6 Å². The van der Waals surface area contributed by atoms with E-state index in [1.807, 2.05) is 6.08 Å². The van der Waals surface area contributed by atoms with Crippen molar-refractivity contribution in [1.29, 1.82) is 0 Å². The van der Waals surface area contributed by atoms with Crippen molar-refractivity contribution in [3.8, 4) is 0 Å². The predicted octanol–water partition coefficient (Wildman–Crippen LogP) is -1.89. The van der Waals surface area contributed by atoms with Crippen LogP contribution in [0.25, 0.3) is 0 Å². The molecule has 1 rings (SSSR count). The molecule has 2 unspecified atom stereocenters. The number of rotatable bonds is 8.